The zero-order valence-electron chi connectivity index (χ0n) is 10.3. The van der Waals surface area contributed by atoms with Gasteiger partial charge < -0.3 is 9.64 Å². The summed E-state index contributed by atoms with van der Waals surface area (Å²) in [5.41, 5.74) is 0. The number of carbonyl (C=O) groups is 1. The van der Waals surface area contributed by atoms with Gasteiger partial charge >= 0.3 is 0 Å². The number of piperidine rings is 1. The van der Waals surface area contributed by atoms with Crippen LogP contribution in [0.3, 0.4) is 0 Å². The predicted molar refractivity (Wildman–Crippen MR) is 65.0 cm³/mol. The number of hydrogen-bond acceptors (Lipinski definition) is 4. The maximum atomic E-state index is 12.0. The van der Waals surface area contributed by atoms with Gasteiger partial charge in [0, 0.05) is 24.7 Å². The van der Waals surface area contributed by atoms with E-state index in [2.05, 4.69) is 10.2 Å². The summed E-state index contributed by atoms with van der Waals surface area (Å²) in [4.78, 5) is 13.9. The smallest absolute Gasteiger partial charge is 0.233 e. The Labute approximate surface area is 106 Å². The van der Waals surface area contributed by atoms with Crippen LogP contribution >= 0.6 is 0 Å². The third-order valence-corrected chi connectivity index (χ3v) is 3.45. The Morgan fingerprint density at radius 1 is 1.39 bits per heavy atom. The molecule has 0 aromatic carbocycles. The van der Waals surface area contributed by atoms with Crippen molar-refractivity contribution in [1.29, 1.82) is 0 Å². The Balaban J connectivity index is 1.58. The summed E-state index contributed by atoms with van der Waals surface area (Å²) >= 11 is 0. The second-order valence-electron chi connectivity index (χ2n) is 5.00. The van der Waals surface area contributed by atoms with Gasteiger partial charge in [0.2, 0.25) is 11.8 Å². The average Bonchev–Trinajstić information content (AvgIpc) is 3.24. The van der Waals surface area contributed by atoms with Crippen LogP contribution < -0.4 is 4.74 Å². The Bertz CT molecular complexity index is 420. The van der Waals surface area contributed by atoms with Gasteiger partial charge in [0.25, 0.3) is 0 Å². The zero-order valence-corrected chi connectivity index (χ0v) is 10.3. The molecule has 1 aliphatic heterocycles. The number of carbonyl (C=O) groups excluding carboxylic acids is 1. The van der Waals surface area contributed by atoms with Crippen LogP contribution in [0.5, 0.6) is 5.88 Å². The van der Waals surface area contributed by atoms with Crippen molar-refractivity contribution >= 4 is 5.91 Å². The molecule has 1 amide bonds. The van der Waals surface area contributed by atoms with E-state index in [4.69, 9.17) is 4.74 Å². The first-order valence-electron chi connectivity index (χ1n) is 6.56. The van der Waals surface area contributed by atoms with Crippen molar-refractivity contribution in [1.82, 2.24) is 15.1 Å². The van der Waals surface area contributed by atoms with Crippen LogP contribution in [0.1, 0.15) is 25.7 Å². The van der Waals surface area contributed by atoms with Crippen LogP contribution in [0, 0.1) is 5.92 Å². The Kier molecular flexibility index (Phi) is 3.13. The largest absolute Gasteiger partial charge is 0.471 e. The molecule has 0 N–H and O–H groups in total. The fourth-order valence-electron chi connectivity index (χ4n) is 2.34. The molecule has 0 bridgehead atoms. The summed E-state index contributed by atoms with van der Waals surface area (Å²) in [5, 5.41) is 7.70. The third kappa shape index (κ3) is 2.60. The molecule has 1 aromatic heterocycles. The van der Waals surface area contributed by atoms with Crippen molar-refractivity contribution in [3.05, 3.63) is 18.3 Å². The molecule has 1 saturated carbocycles. The number of likely N-dealkylation sites (tertiary alicyclic amines) is 1. The number of amides is 1. The molecule has 3 rings (SSSR count). The summed E-state index contributed by atoms with van der Waals surface area (Å²) in [5.74, 6) is 1.14. The average molecular weight is 247 g/mol. The van der Waals surface area contributed by atoms with Crippen molar-refractivity contribution in [3.8, 4) is 5.88 Å². The van der Waals surface area contributed by atoms with E-state index in [1.807, 2.05) is 4.90 Å². The lowest BCUT2D eigenvalue weighted by molar-refractivity contribution is -0.135. The molecule has 18 heavy (non-hydrogen) atoms. The maximum absolute atomic E-state index is 12.0. The molecule has 5 nitrogen and oxygen atoms in total. The molecule has 1 aromatic rings. The molecule has 2 fully saturated rings. The third-order valence-electron chi connectivity index (χ3n) is 3.45. The van der Waals surface area contributed by atoms with Crippen LogP contribution in [-0.2, 0) is 4.79 Å². The van der Waals surface area contributed by atoms with Gasteiger partial charge in [-0.15, -0.1) is 5.10 Å². The maximum Gasteiger partial charge on any atom is 0.233 e. The lowest BCUT2D eigenvalue weighted by Crippen LogP contribution is -2.45. The topological polar surface area (TPSA) is 55.3 Å². The summed E-state index contributed by atoms with van der Waals surface area (Å²) < 4.78 is 5.77. The molecule has 1 atom stereocenters. The molecular formula is C13H17N3O2. The monoisotopic (exact) mass is 247 g/mol. The van der Waals surface area contributed by atoms with Crippen molar-refractivity contribution in [2.75, 3.05) is 13.1 Å². The molecule has 1 saturated heterocycles. The van der Waals surface area contributed by atoms with Crippen LogP contribution in [0.15, 0.2) is 18.3 Å². The van der Waals surface area contributed by atoms with E-state index in [1.165, 1.54) is 0 Å². The van der Waals surface area contributed by atoms with Gasteiger partial charge in [-0.2, -0.15) is 5.10 Å². The molecule has 0 radical (unpaired) electrons. The minimum absolute atomic E-state index is 0.0538. The van der Waals surface area contributed by atoms with Crippen molar-refractivity contribution in [2.24, 2.45) is 5.92 Å². The van der Waals surface area contributed by atoms with Gasteiger partial charge in [-0.3, -0.25) is 4.79 Å². The number of ether oxygens (including phenoxy) is 1. The second-order valence-corrected chi connectivity index (χ2v) is 5.00. The first-order valence-corrected chi connectivity index (χ1v) is 6.56. The van der Waals surface area contributed by atoms with Crippen molar-refractivity contribution < 1.29 is 9.53 Å². The molecule has 1 unspecified atom stereocenters. The van der Waals surface area contributed by atoms with Gasteiger partial charge in [0.15, 0.2) is 0 Å². The summed E-state index contributed by atoms with van der Waals surface area (Å²) in [6.07, 6.45) is 5.78. The highest BCUT2D eigenvalue weighted by atomic mass is 16.5. The van der Waals surface area contributed by atoms with E-state index >= 15 is 0 Å². The van der Waals surface area contributed by atoms with Crippen LogP contribution in [0.25, 0.3) is 0 Å². The van der Waals surface area contributed by atoms with Gasteiger partial charge in [-0.05, 0) is 31.7 Å². The molecule has 96 valence electrons. The van der Waals surface area contributed by atoms with Gasteiger partial charge in [0.05, 0.1) is 6.54 Å². The van der Waals surface area contributed by atoms with Gasteiger partial charge in [0.1, 0.15) is 6.10 Å². The summed E-state index contributed by atoms with van der Waals surface area (Å²) in [7, 11) is 0. The van der Waals surface area contributed by atoms with Gasteiger partial charge in [-0.25, -0.2) is 0 Å². The highest BCUT2D eigenvalue weighted by Crippen LogP contribution is 2.32. The SMILES string of the molecule is O=C(C1CC1)N1CCCC(Oc2cccnn2)C1. The second kappa shape index (κ2) is 4.92. The quantitative estimate of drug-likeness (QED) is 0.806. The Morgan fingerprint density at radius 3 is 3.00 bits per heavy atom. The van der Waals surface area contributed by atoms with E-state index in [9.17, 15) is 4.79 Å². The van der Waals surface area contributed by atoms with E-state index in [0.717, 1.165) is 32.2 Å². The van der Waals surface area contributed by atoms with E-state index in [0.29, 0.717) is 24.2 Å². The van der Waals surface area contributed by atoms with Crippen LogP contribution in [-0.4, -0.2) is 40.2 Å². The number of rotatable bonds is 3. The molecular weight excluding hydrogens is 230 g/mol. The number of hydrogen-bond donors (Lipinski definition) is 0. The minimum Gasteiger partial charge on any atom is -0.471 e. The fourth-order valence-corrected chi connectivity index (χ4v) is 2.34. The van der Waals surface area contributed by atoms with Crippen molar-refractivity contribution in [3.63, 3.8) is 0 Å². The first kappa shape index (κ1) is 11.4. The molecule has 2 aliphatic rings. The Hall–Kier alpha value is -1.65. The van der Waals surface area contributed by atoms with E-state index in [1.54, 1.807) is 18.3 Å². The highest BCUT2D eigenvalue weighted by molar-refractivity contribution is 5.81. The van der Waals surface area contributed by atoms with Crippen molar-refractivity contribution in [2.45, 2.75) is 31.8 Å². The highest BCUT2D eigenvalue weighted by Gasteiger charge is 2.35. The molecule has 5 heteroatoms. The first-order chi connectivity index (χ1) is 8.83. The molecule has 1 aliphatic carbocycles. The zero-order chi connectivity index (χ0) is 12.4. The minimum atomic E-state index is 0.0538. The van der Waals surface area contributed by atoms with E-state index < -0.39 is 0 Å². The van der Waals surface area contributed by atoms with Gasteiger partial charge in [-0.1, -0.05) is 0 Å². The fraction of sp³-hybridized carbons (Fsp3) is 0.615. The molecule has 0 spiro atoms. The van der Waals surface area contributed by atoms with E-state index in [-0.39, 0.29) is 6.10 Å². The lowest BCUT2D eigenvalue weighted by atomic mass is 10.1. The number of nitrogens with zero attached hydrogens (tertiary/aromatic N) is 3. The summed E-state index contributed by atoms with van der Waals surface area (Å²) in [6, 6.07) is 3.60. The Morgan fingerprint density at radius 2 is 2.28 bits per heavy atom. The lowest BCUT2D eigenvalue weighted by Gasteiger charge is -2.32. The van der Waals surface area contributed by atoms with Crippen LogP contribution in [0.2, 0.25) is 0 Å². The van der Waals surface area contributed by atoms with Crippen LogP contribution in [0.4, 0.5) is 0 Å². The normalized spacial score (nSPS) is 23.8. The molecule has 2 heterocycles. The summed E-state index contributed by atoms with van der Waals surface area (Å²) in [6.45, 7) is 1.56. The predicted octanol–water partition coefficient (Wildman–Crippen LogP) is 1.26. The standard InChI is InChI=1S/C13H17N3O2/c17-13(10-5-6-10)16-8-2-3-11(9-16)18-12-4-1-7-14-15-12/h1,4,7,10-11H,2-3,5-6,8-9H2. The number of aromatic nitrogens is 2.